The van der Waals surface area contributed by atoms with Crippen molar-refractivity contribution in [3.05, 3.63) is 72.3 Å². The average Bonchev–Trinajstić information content (AvgIpc) is 3.79. The van der Waals surface area contributed by atoms with Crippen LogP contribution in [0.5, 0.6) is 11.5 Å². The summed E-state index contributed by atoms with van der Waals surface area (Å²) >= 11 is 4.39. The zero-order valence-corrected chi connectivity index (χ0v) is 25.3. The van der Waals surface area contributed by atoms with Gasteiger partial charge in [0, 0.05) is 30.6 Å². The van der Waals surface area contributed by atoms with Gasteiger partial charge in [-0.3, -0.25) is 0 Å². The van der Waals surface area contributed by atoms with E-state index in [0.717, 1.165) is 47.3 Å². The molecular weight excluding hydrogens is 705 g/mol. The van der Waals surface area contributed by atoms with E-state index < -0.39 is 35.9 Å². The highest BCUT2D eigenvalue weighted by molar-refractivity contribution is 7.58. The minimum Gasteiger partial charge on any atom is -0.403 e. The zero-order chi connectivity index (χ0) is 32.4. The van der Waals surface area contributed by atoms with E-state index in [4.69, 9.17) is 0 Å². The van der Waals surface area contributed by atoms with Gasteiger partial charge in [0.05, 0.1) is 23.1 Å². The number of alkyl halides is 6. The molecule has 0 unspecified atom stereocenters. The fourth-order valence-corrected chi connectivity index (χ4v) is 7.92. The van der Waals surface area contributed by atoms with Crippen LogP contribution in [0.4, 0.5) is 46.5 Å². The molecule has 0 saturated carbocycles. The van der Waals surface area contributed by atoms with Crippen LogP contribution in [0, 0.1) is 11.6 Å². The van der Waals surface area contributed by atoms with Crippen molar-refractivity contribution in [3.8, 4) is 53.3 Å². The Labute approximate surface area is 267 Å². The summed E-state index contributed by atoms with van der Waals surface area (Å²) in [5.41, 5.74) is 3.91. The lowest BCUT2D eigenvalue weighted by atomic mass is 10.0. The fourth-order valence-electron chi connectivity index (χ4n) is 4.70. The van der Waals surface area contributed by atoms with Gasteiger partial charge >= 0.3 is 12.7 Å². The SMILES string of the molecule is Fc1cc(-c2ccc(-c3c4c(c(-c5ccc(-c6ccc(OC(F)(F)F)c(F)c6)s5)c5nsnc35)N=S=N4)s2)ccc1OC(F)(F)F. The Morgan fingerprint density at radius 3 is 1.35 bits per heavy atom. The van der Waals surface area contributed by atoms with E-state index in [1.165, 1.54) is 34.8 Å². The Morgan fingerprint density at radius 2 is 0.957 bits per heavy atom. The molecule has 18 heteroatoms. The second kappa shape index (κ2) is 11.2. The van der Waals surface area contributed by atoms with Crippen molar-refractivity contribution in [2.24, 2.45) is 8.73 Å². The quantitative estimate of drug-likeness (QED) is 0.161. The number of nitrogens with zero attached hydrogens (tertiary/aromatic N) is 4. The lowest BCUT2D eigenvalue weighted by Gasteiger charge is -2.10. The molecule has 0 spiro atoms. The largest absolute Gasteiger partial charge is 0.573 e. The van der Waals surface area contributed by atoms with Crippen molar-refractivity contribution in [3.63, 3.8) is 0 Å². The third-order valence-corrected chi connectivity index (χ3v) is 9.87. The maximum absolute atomic E-state index is 14.4. The van der Waals surface area contributed by atoms with Gasteiger partial charge in [-0.1, -0.05) is 0 Å². The molecule has 0 saturated heterocycles. The van der Waals surface area contributed by atoms with E-state index in [9.17, 15) is 35.1 Å². The highest BCUT2D eigenvalue weighted by Crippen LogP contribution is 2.54. The first-order valence-electron chi connectivity index (χ1n) is 12.6. The number of fused-ring (bicyclic) bond motifs is 2. The number of benzene rings is 3. The lowest BCUT2D eigenvalue weighted by molar-refractivity contribution is -0.276. The normalized spacial score (nSPS) is 12.9. The van der Waals surface area contributed by atoms with E-state index in [0.29, 0.717) is 64.2 Å². The second-order valence-electron chi connectivity index (χ2n) is 9.39. The van der Waals surface area contributed by atoms with Crippen molar-refractivity contribution in [1.29, 1.82) is 0 Å². The lowest BCUT2D eigenvalue weighted by Crippen LogP contribution is -2.17. The van der Waals surface area contributed by atoms with Crippen LogP contribution in [0.15, 0.2) is 69.4 Å². The van der Waals surface area contributed by atoms with Crippen molar-refractivity contribution in [2.75, 3.05) is 0 Å². The molecule has 6 aromatic rings. The van der Waals surface area contributed by atoms with Crippen LogP contribution < -0.4 is 9.47 Å². The zero-order valence-electron chi connectivity index (χ0n) is 22.0. The van der Waals surface area contributed by atoms with Crippen molar-refractivity contribution in [2.45, 2.75) is 12.7 Å². The van der Waals surface area contributed by atoms with Crippen molar-refractivity contribution < 1.29 is 44.6 Å². The monoisotopic (exact) mass is 714 g/mol. The predicted octanol–water partition coefficient (Wildman–Crippen LogP) is 11.3. The van der Waals surface area contributed by atoms with Gasteiger partial charge in [0.25, 0.3) is 0 Å². The summed E-state index contributed by atoms with van der Waals surface area (Å²) in [5, 5.41) is 0. The Kier molecular flexibility index (Phi) is 7.41. The van der Waals surface area contributed by atoms with Crippen LogP contribution in [-0.4, -0.2) is 21.5 Å². The molecule has 1 aliphatic heterocycles. The van der Waals surface area contributed by atoms with Crippen LogP contribution in [0.25, 0.3) is 52.8 Å². The number of ether oxygens (including phenoxy) is 2. The minimum atomic E-state index is -5.03. The minimum absolute atomic E-state index is 0.334. The number of hydrogen-bond donors (Lipinski definition) is 0. The summed E-state index contributed by atoms with van der Waals surface area (Å²) in [6, 6.07) is 13.3. The van der Waals surface area contributed by atoms with Gasteiger partial charge in [-0.15, -0.1) is 49.0 Å². The van der Waals surface area contributed by atoms with E-state index in [2.05, 4.69) is 26.9 Å². The van der Waals surface area contributed by atoms with Gasteiger partial charge in [-0.25, -0.2) is 8.78 Å². The summed E-state index contributed by atoms with van der Waals surface area (Å²) in [7, 11) is 0. The maximum Gasteiger partial charge on any atom is 0.573 e. The first-order valence-corrected chi connectivity index (χ1v) is 15.7. The summed E-state index contributed by atoms with van der Waals surface area (Å²) in [5.74, 6) is -4.23. The van der Waals surface area contributed by atoms with Crippen molar-refractivity contribution >= 4 is 68.2 Å². The predicted molar refractivity (Wildman–Crippen MR) is 160 cm³/mol. The van der Waals surface area contributed by atoms with Gasteiger partial charge in [0.2, 0.25) is 0 Å². The molecule has 0 aliphatic carbocycles. The molecule has 3 aromatic heterocycles. The Morgan fingerprint density at radius 1 is 0.543 bits per heavy atom. The van der Waals surface area contributed by atoms with Gasteiger partial charge in [0.1, 0.15) is 22.4 Å². The fraction of sp³-hybridized carbons (Fsp3) is 0.0714. The molecule has 7 rings (SSSR count). The van der Waals surface area contributed by atoms with Gasteiger partial charge < -0.3 is 9.47 Å². The van der Waals surface area contributed by atoms with Crippen LogP contribution in [0.3, 0.4) is 0 Å². The summed E-state index contributed by atoms with van der Waals surface area (Å²) < 4.78 is 130. The van der Waals surface area contributed by atoms with Gasteiger partial charge in [0.15, 0.2) is 23.1 Å². The molecule has 0 atom stereocenters. The maximum atomic E-state index is 14.4. The third-order valence-electron chi connectivity index (χ3n) is 6.51. The van der Waals surface area contributed by atoms with E-state index >= 15 is 0 Å². The summed E-state index contributed by atoms with van der Waals surface area (Å²) in [6.07, 6.45) is -10.1. The molecule has 0 bridgehead atoms. The highest BCUT2D eigenvalue weighted by Gasteiger charge is 2.34. The summed E-state index contributed by atoms with van der Waals surface area (Å²) in [4.78, 5) is 2.48. The van der Waals surface area contributed by atoms with Crippen LogP contribution in [0.1, 0.15) is 0 Å². The van der Waals surface area contributed by atoms with E-state index in [1.807, 2.05) is 0 Å². The molecule has 0 fully saturated rings. The molecule has 1 aliphatic rings. The molecule has 46 heavy (non-hydrogen) atoms. The first kappa shape index (κ1) is 30.4. The van der Waals surface area contributed by atoms with Crippen LogP contribution >= 0.6 is 34.4 Å². The van der Waals surface area contributed by atoms with E-state index in [-0.39, 0.29) is 0 Å². The van der Waals surface area contributed by atoms with E-state index in [1.54, 1.807) is 24.3 Å². The first-order chi connectivity index (χ1) is 21.8. The third kappa shape index (κ3) is 5.76. The molecule has 0 N–H and O–H groups in total. The number of hydrogen-bond acceptors (Lipinski definition) is 9. The summed E-state index contributed by atoms with van der Waals surface area (Å²) in [6.45, 7) is 0. The number of thiophene rings is 2. The Bertz CT molecular complexity index is 2080. The molecule has 234 valence electrons. The number of aromatic nitrogens is 2. The van der Waals surface area contributed by atoms with Gasteiger partial charge in [-0.05, 0) is 71.8 Å². The van der Waals surface area contributed by atoms with Crippen molar-refractivity contribution in [1.82, 2.24) is 8.75 Å². The molecule has 6 nitrogen and oxygen atoms in total. The van der Waals surface area contributed by atoms with Gasteiger partial charge in [-0.2, -0.15) is 17.5 Å². The number of rotatable bonds is 6. The Balaban J connectivity index is 1.26. The Hall–Kier alpha value is -4.26. The highest BCUT2D eigenvalue weighted by atomic mass is 32.1. The average molecular weight is 715 g/mol. The molecular formula is C28H10F8N4O2S4. The van der Waals surface area contributed by atoms with Crippen LogP contribution in [-0.2, 0) is 11.4 Å². The second-order valence-corrected chi connectivity index (χ2v) is 12.6. The molecule has 4 heterocycles. The standard InChI is InChI=1S/C28H10F8N4O2S4/c29-13-9-11(1-3-15(13)41-27(31,32)33)17-5-7-19(43-17)21-23-25(39-45-37-23)22(26-24(21)38-46-40-26)20-8-6-18(44-20)12-2-4-16(14(30)10-12)42-28(34,35)36/h1-10H. The molecule has 3 aromatic carbocycles. The number of halogens is 8. The topological polar surface area (TPSA) is 69.0 Å². The molecule has 0 radical (unpaired) electrons. The molecule has 0 amide bonds. The smallest absolute Gasteiger partial charge is 0.403 e. The van der Waals surface area contributed by atoms with Crippen LogP contribution in [0.2, 0.25) is 0 Å².